The highest BCUT2D eigenvalue weighted by atomic mass is 79.9. The Morgan fingerprint density at radius 1 is 1.58 bits per heavy atom. The van der Waals surface area contributed by atoms with Gasteiger partial charge >= 0.3 is 0 Å². The average Bonchev–Trinajstić information content (AvgIpc) is 2.90. The van der Waals surface area contributed by atoms with Crippen molar-refractivity contribution in [2.75, 3.05) is 12.5 Å². The highest BCUT2D eigenvalue weighted by molar-refractivity contribution is 9.10. The number of amides is 1. The highest BCUT2D eigenvalue weighted by Crippen LogP contribution is 2.19. The molecule has 0 unspecified atom stereocenters. The van der Waals surface area contributed by atoms with E-state index in [0.717, 1.165) is 0 Å². The van der Waals surface area contributed by atoms with Crippen LogP contribution in [0.3, 0.4) is 0 Å². The second-order valence-corrected chi connectivity index (χ2v) is 4.70. The van der Waals surface area contributed by atoms with Crippen LogP contribution in [0.1, 0.15) is 16.2 Å². The van der Waals surface area contributed by atoms with Crippen molar-refractivity contribution >= 4 is 27.7 Å². The number of aromatic nitrogens is 4. The molecule has 2 heterocycles. The van der Waals surface area contributed by atoms with Gasteiger partial charge in [0.2, 0.25) is 0 Å². The molecule has 19 heavy (non-hydrogen) atoms. The first-order valence-electron chi connectivity index (χ1n) is 5.33. The molecule has 0 saturated carbocycles. The standard InChI is InChI=1S/C10H12BrN7O/c1-18(4-8-14-5-15-17-8)10(19)7-2-6(11)3-13-9(7)16-12/h2-3,5H,4,12H2,1H3,(H,13,16)(H,14,15,17). The van der Waals surface area contributed by atoms with Crippen molar-refractivity contribution in [1.82, 2.24) is 25.1 Å². The molecule has 4 N–H and O–H groups in total. The van der Waals surface area contributed by atoms with E-state index in [1.54, 1.807) is 19.3 Å². The lowest BCUT2D eigenvalue weighted by molar-refractivity contribution is 0.0782. The predicted octanol–water partition coefficient (Wildman–Crippen LogP) is 0.520. The van der Waals surface area contributed by atoms with Gasteiger partial charge in [-0.1, -0.05) is 0 Å². The Balaban J connectivity index is 2.21. The molecule has 0 radical (unpaired) electrons. The van der Waals surface area contributed by atoms with E-state index in [4.69, 9.17) is 5.84 Å². The third kappa shape index (κ3) is 3.06. The summed E-state index contributed by atoms with van der Waals surface area (Å²) in [6.07, 6.45) is 2.95. The average molecular weight is 326 g/mol. The van der Waals surface area contributed by atoms with Gasteiger partial charge in [-0.05, 0) is 22.0 Å². The minimum atomic E-state index is -0.224. The number of rotatable bonds is 4. The third-order valence-electron chi connectivity index (χ3n) is 2.42. The van der Waals surface area contributed by atoms with Gasteiger partial charge < -0.3 is 10.3 Å². The summed E-state index contributed by atoms with van der Waals surface area (Å²) < 4.78 is 0.697. The Kier molecular flexibility index (Phi) is 4.07. The quantitative estimate of drug-likeness (QED) is 0.558. The lowest BCUT2D eigenvalue weighted by Crippen LogP contribution is -2.28. The maximum absolute atomic E-state index is 12.3. The van der Waals surface area contributed by atoms with Crippen molar-refractivity contribution in [3.63, 3.8) is 0 Å². The molecule has 2 aromatic heterocycles. The van der Waals surface area contributed by atoms with Gasteiger partial charge in [0.05, 0.1) is 12.1 Å². The van der Waals surface area contributed by atoms with Crippen LogP contribution in [0.4, 0.5) is 5.82 Å². The molecule has 8 nitrogen and oxygen atoms in total. The first-order valence-corrected chi connectivity index (χ1v) is 6.13. The summed E-state index contributed by atoms with van der Waals surface area (Å²) in [6.45, 7) is 0.315. The zero-order valence-electron chi connectivity index (χ0n) is 10.1. The lowest BCUT2D eigenvalue weighted by atomic mass is 10.2. The highest BCUT2D eigenvalue weighted by Gasteiger charge is 2.18. The van der Waals surface area contributed by atoms with E-state index >= 15 is 0 Å². The van der Waals surface area contributed by atoms with Gasteiger partial charge in [-0.2, -0.15) is 5.10 Å². The summed E-state index contributed by atoms with van der Waals surface area (Å²) >= 11 is 3.27. The van der Waals surface area contributed by atoms with Gasteiger partial charge in [-0.3, -0.25) is 9.89 Å². The summed E-state index contributed by atoms with van der Waals surface area (Å²) in [5.41, 5.74) is 2.78. The molecular weight excluding hydrogens is 314 g/mol. The fraction of sp³-hybridized carbons (Fsp3) is 0.200. The van der Waals surface area contributed by atoms with Crippen molar-refractivity contribution in [3.8, 4) is 0 Å². The van der Waals surface area contributed by atoms with Gasteiger partial charge in [-0.25, -0.2) is 15.8 Å². The monoisotopic (exact) mass is 325 g/mol. The molecule has 2 rings (SSSR count). The van der Waals surface area contributed by atoms with Crippen LogP contribution in [0.15, 0.2) is 23.1 Å². The van der Waals surface area contributed by atoms with Crippen molar-refractivity contribution in [2.24, 2.45) is 5.84 Å². The number of nitrogens with one attached hydrogen (secondary N) is 2. The molecule has 0 bridgehead atoms. The number of nitrogens with two attached hydrogens (primary N) is 1. The zero-order valence-corrected chi connectivity index (χ0v) is 11.7. The number of anilines is 1. The van der Waals surface area contributed by atoms with Crippen LogP contribution >= 0.6 is 15.9 Å². The van der Waals surface area contributed by atoms with E-state index in [1.165, 1.54) is 11.2 Å². The van der Waals surface area contributed by atoms with Crippen LogP contribution in [-0.4, -0.2) is 38.0 Å². The number of H-pyrrole nitrogens is 1. The number of halogens is 1. The number of hydrogen-bond acceptors (Lipinski definition) is 6. The Hall–Kier alpha value is -2.00. The number of hydrazine groups is 1. The topological polar surface area (TPSA) is 113 Å². The molecule has 2 aromatic rings. The Labute approximate surface area is 117 Å². The van der Waals surface area contributed by atoms with Crippen molar-refractivity contribution in [1.29, 1.82) is 0 Å². The maximum Gasteiger partial charge on any atom is 0.257 e. The number of nitrogen functional groups attached to an aromatic ring is 1. The van der Waals surface area contributed by atoms with Gasteiger partial charge in [0.15, 0.2) is 5.82 Å². The molecular formula is C10H12BrN7O. The SMILES string of the molecule is CN(Cc1ncn[nH]1)C(=O)c1cc(Br)cnc1NN. The summed E-state index contributed by atoms with van der Waals surface area (Å²) in [7, 11) is 1.66. The van der Waals surface area contributed by atoms with Crippen molar-refractivity contribution in [2.45, 2.75) is 6.54 Å². The van der Waals surface area contributed by atoms with Gasteiger partial charge in [0.1, 0.15) is 12.2 Å². The first-order chi connectivity index (χ1) is 9.11. The van der Waals surface area contributed by atoms with Crippen molar-refractivity contribution < 1.29 is 4.79 Å². The zero-order chi connectivity index (χ0) is 13.8. The molecule has 0 aliphatic rings. The number of nitrogens with zero attached hydrogens (tertiary/aromatic N) is 4. The molecule has 0 aliphatic heterocycles. The number of hydrogen-bond donors (Lipinski definition) is 3. The minimum absolute atomic E-state index is 0.224. The molecule has 1 amide bonds. The van der Waals surface area contributed by atoms with E-state index in [2.05, 4.69) is 41.5 Å². The van der Waals surface area contributed by atoms with Crippen molar-refractivity contribution in [3.05, 3.63) is 34.5 Å². The van der Waals surface area contributed by atoms with E-state index in [0.29, 0.717) is 28.2 Å². The Morgan fingerprint density at radius 3 is 3.00 bits per heavy atom. The second kappa shape index (κ2) is 5.76. The lowest BCUT2D eigenvalue weighted by Gasteiger charge is -2.17. The maximum atomic E-state index is 12.3. The van der Waals surface area contributed by atoms with Crippen LogP contribution in [0.2, 0.25) is 0 Å². The molecule has 0 aromatic carbocycles. The van der Waals surface area contributed by atoms with E-state index in [9.17, 15) is 4.79 Å². The summed E-state index contributed by atoms with van der Waals surface area (Å²) in [5.74, 6) is 6.04. The van der Waals surface area contributed by atoms with E-state index in [1.807, 2.05) is 0 Å². The largest absolute Gasteiger partial charge is 0.334 e. The normalized spacial score (nSPS) is 10.3. The molecule has 0 atom stereocenters. The Morgan fingerprint density at radius 2 is 2.37 bits per heavy atom. The fourth-order valence-corrected chi connectivity index (χ4v) is 1.86. The molecule has 0 spiro atoms. The van der Waals surface area contributed by atoms with Crippen LogP contribution < -0.4 is 11.3 Å². The molecule has 0 aliphatic carbocycles. The predicted molar refractivity (Wildman–Crippen MR) is 71.9 cm³/mol. The minimum Gasteiger partial charge on any atom is -0.334 e. The van der Waals surface area contributed by atoms with Gasteiger partial charge in [0, 0.05) is 17.7 Å². The molecule has 100 valence electrons. The van der Waals surface area contributed by atoms with E-state index < -0.39 is 0 Å². The first kappa shape index (κ1) is 13.4. The van der Waals surface area contributed by atoms with Crippen LogP contribution in [0, 0.1) is 0 Å². The number of carbonyl (C=O) groups is 1. The second-order valence-electron chi connectivity index (χ2n) is 3.79. The number of pyridine rings is 1. The third-order valence-corrected chi connectivity index (χ3v) is 2.85. The summed E-state index contributed by atoms with van der Waals surface area (Å²) in [4.78, 5) is 21.8. The van der Waals surface area contributed by atoms with Crippen LogP contribution in [0.5, 0.6) is 0 Å². The van der Waals surface area contributed by atoms with E-state index in [-0.39, 0.29) is 5.91 Å². The van der Waals surface area contributed by atoms with Crippen LogP contribution in [0.25, 0.3) is 0 Å². The molecule has 0 fully saturated rings. The number of aromatic amines is 1. The molecule has 0 saturated heterocycles. The van der Waals surface area contributed by atoms with Gasteiger partial charge in [-0.15, -0.1) is 0 Å². The fourth-order valence-electron chi connectivity index (χ4n) is 1.53. The van der Waals surface area contributed by atoms with Gasteiger partial charge in [0.25, 0.3) is 5.91 Å². The summed E-state index contributed by atoms with van der Waals surface area (Å²) in [6, 6.07) is 1.65. The summed E-state index contributed by atoms with van der Waals surface area (Å²) in [5, 5.41) is 6.42. The smallest absolute Gasteiger partial charge is 0.257 e. The molecule has 9 heteroatoms. The van der Waals surface area contributed by atoms with Crippen LogP contribution in [-0.2, 0) is 6.54 Å². The Bertz CT molecular complexity index is 571. The number of carbonyl (C=O) groups excluding carboxylic acids is 1.